The van der Waals surface area contributed by atoms with Crippen LogP contribution in [0.4, 0.5) is 0 Å². The summed E-state index contributed by atoms with van der Waals surface area (Å²) >= 11 is 0. The first-order valence-corrected chi connectivity index (χ1v) is 8.38. The van der Waals surface area contributed by atoms with Gasteiger partial charge >= 0.3 is 0 Å². The number of aryl methyl sites for hydroxylation is 1. The van der Waals surface area contributed by atoms with E-state index in [1.165, 1.54) is 11.1 Å². The molecule has 1 aliphatic rings. The number of benzene rings is 1. The minimum atomic E-state index is 0.246. The van der Waals surface area contributed by atoms with Crippen LogP contribution in [0.2, 0.25) is 0 Å². The summed E-state index contributed by atoms with van der Waals surface area (Å²) in [6.07, 6.45) is 0.995. The lowest BCUT2D eigenvalue weighted by atomic mass is 10.1. The highest BCUT2D eigenvalue weighted by Crippen LogP contribution is 2.10. The van der Waals surface area contributed by atoms with Gasteiger partial charge in [0.05, 0.1) is 6.54 Å². The zero-order valence-electron chi connectivity index (χ0n) is 14.1. The molecule has 4 heteroatoms. The van der Waals surface area contributed by atoms with E-state index in [4.69, 9.17) is 0 Å². The molecule has 1 aromatic rings. The van der Waals surface area contributed by atoms with E-state index in [1.807, 2.05) is 4.90 Å². The Bertz CT molecular complexity index is 472. The number of amides is 1. The van der Waals surface area contributed by atoms with Gasteiger partial charge in [0.2, 0.25) is 5.91 Å². The molecule has 0 unspecified atom stereocenters. The molecule has 1 aromatic carbocycles. The second-order valence-corrected chi connectivity index (χ2v) is 6.32. The first kappa shape index (κ1) is 17.0. The Morgan fingerprint density at radius 2 is 2.09 bits per heavy atom. The zero-order chi connectivity index (χ0) is 15.9. The normalized spacial score (nSPS) is 19.1. The molecular weight excluding hydrogens is 274 g/mol. The summed E-state index contributed by atoms with van der Waals surface area (Å²) in [7, 11) is 0. The van der Waals surface area contributed by atoms with Crippen LogP contribution >= 0.6 is 0 Å². The van der Waals surface area contributed by atoms with Crippen LogP contribution in [0.15, 0.2) is 24.3 Å². The largest absolute Gasteiger partial charge is 0.337 e. The molecule has 4 nitrogen and oxygen atoms in total. The number of rotatable bonds is 6. The van der Waals surface area contributed by atoms with Crippen LogP contribution in [0.3, 0.4) is 0 Å². The summed E-state index contributed by atoms with van der Waals surface area (Å²) < 4.78 is 0. The Balaban J connectivity index is 1.96. The summed E-state index contributed by atoms with van der Waals surface area (Å²) in [6, 6.07) is 8.91. The Morgan fingerprint density at radius 1 is 1.36 bits per heavy atom. The van der Waals surface area contributed by atoms with Crippen molar-refractivity contribution in [2.45, 2.75) is 39.8 Å². The van der Waals surface area contributed by atoms with Crippen LogP contribution in [-0.2, 0) is 11.3 Å². The average molecular weight is 303 g/mol. The van der Waals surface area contributed by atoms with Gasteiger partial charge in [-0.1, -0.05) is 36.8 Å². The number of piperazine rings is 1. The Hall–Kier alpha value is -1.39. The Kier molecular flexibility index (Phi) is 6.40. The highest BCUT2D eigenvalue weighted by molar-refractivity contribution is 5.78. The van der Waals surface area contributed by atoms with Crippen LogP contribution < -0.4 is 5.32 Å². The van der Waals surface area contributed by atoms with E-state index in [0.717, 1.165) is 32.6 Å². The molecule has 0 aliphatic carbocycles. The van der Waals surface area contributed by atoms with E-state index in [1.54, 1.807) is 0 Å². The van der Waals surface area contributed by atoms with Gasteiger partial charge in [0.1, 0.15) is 0 Å². The third-order valence-electron chi connectivity index (χ3n) is 4.32. The first-order valence-electron chi connectivity index (χ1n) is 8.38. The fraction of sp³-hybridized carbons (Fsp3) is 0.611. The van der Waals surface area contributed by atoms with Gasteiger partial charge in [-0.2, -0.15) is 0 Å². The molecule has 1 N–H and O–H groups in total. The van der Waals surface area contributed by atoms with Crippen LogP contribution in [0.1, 0.15) is 31.4 Å². The molecule has 1 fully saturated rings. The Labute approximate surface area is 134 Å². The van der Waals surface area contributed by atoms with Gasteiger partial charge in [0.25, 0.3) is 0 Å². The van der Waals surface area contributed by atoms with Crippen molar-refractivity contribution < 1.29 is 4.79 Å². The number of hydrogen-bond donors (Lipinski definition) is 1. The summed E-state index contributed by atoms with van der Waals surface area (Å²) in [5.74, 6) is 0.246. The first-order chi connectivity index (χ1) is 10.6. The molecule has 0 spiro atoms. The molecule has 1 amide bonds. The monoisotopic (exact) mass is 303 g/mol. The minimum absolute atomic E-state index is 0.246. The molecule has 0 saturated carbocycles. The predicted octanol–water partition coefficient (Wildman–Crippen LogP) is 2.03. The van der Waals surface area contributed by atoms with E-state index in [2.05, 4.69) is 55.3 Å². The van der Waals surface area contributed by atoms with Crippen LogP contribution in [0.25, 0.3) is 0 Å². The van der Waals surface area contributed by atoms with E-state index in [-0.39, 0.29) is 5.91 Å². The topological polar surface area (TPSA) is 35.6 Å². The van der Waals surface area contributed by atoms with Gasteiger partial charge in [-0.25, -0.2) is 0 Å². The smallest absolute Gasteiger partial charge is 0.237 e. The summed E-state index contributed by atoms with van der Waals surface area (Å²) in [5.41, 5.74) is 2.47. The van der Waals surface area contributed by atoms with Gasteiger partial charge in [-0.05, 0) is 25.8 Å². The van der Waals surface area contributed by atoms with Crippen molar-refractivity contribution in [3.05, 3.63) is 35.4 Å². The highest BCUT2D eigenvalue weighted by atomic mass is 16.2. The van der Waals surface area contributed by atoms with Crippen molar-refractivity contribution in [2.24, 2.45) is 0 Å². The molecule has 0 radical (unpaired) electrons. The lowest BCUT2D eigenvalue weighted by molar-refractivity contribution is -0.133. The van der Waals surface area contributed by atoms with Crippen molar-refractivity contribution in [3.8, 4) is 0 Å². The van der Waals surface area contributed by atoms with Gasteiger partial charge in [-0.3, -0.25) is 9.69 Å². The third-order valence-corrected chi connectivity index (χ3v) is 4.32. The summed E-state index contributed by atoms with van der Waals surface area (Å²) in [4.78, 5) is 17.0. The van der Waals surface area contributed by atoms with Gasteiger partial charge in [-0.15, -0.1) is 0 Å². The van der Waals surface area contributed by atoms with Crippen LogP contribution in [-0.4, -0.2) is 54.5 Å². The van der Waals surface area contributed by atoms with Gasteiger partial charge in [0.15, 0.2) is 0 Å². The minimum Gasteiger partial charge on any atom is -0.337 e. The molecule has 1 aliphatic heterocycles. The van der Waals surface area contributed by atoms with E-state index >= 15 is 0 Å². The number of nitrogens with one attached hydrogen (secondary N) is 1. The highest BCUT2D eigenvalue weighted by Gasteiger charge is 2.23. The SMILES string of the molecule is CCCN(Cc1ccc(C)cc1)C(=O)CN1CCNC[C@@H]1C. The van der Waals surface area contributed by atoms with Crippen molar-refractivity contribution in [1.82, 2.24) is 15.1 Å². The van der Waals surface area contributed by atoms with Gasteiger partial charge < -0.3 is 10.2 Å². The zero-order valence-corrected chi connectivity index (χ0v) is 14.1. The van der Waals surface area contributed by atoms with E-state index < -0.39 is 0 Å². The van der Waals surface area contributed by atoms with E-state index in [9.17, 15) is 4.79 Å². The second kappa shape index (κ2) is 8.30. The van der Waals surface area contributed by atoms with E-state index in [0.29, 0.717) is 19.1 Å². The number of hydrogen-bond acceptors (Lipinski definition) is 3. The fourth-order valence-electron chi connectivity index (χ4n) is 2.87. The molecule has 1 atom stereocenters. The summed E-state index contributed by atoms with van der Waals surface area (Å²) in [6.45, 7) is 11.4. The maximum absolute atomic E-state index is 12.7. The Morgan fingerprint density at radius 3 is 2.73 bits per heavy atom. The fourth-order valence-corrected chi connectivity index (χ4v) is 2.87. The lowest BCUT2D eigenvalue weighted by Crippen LogP contribution is -2.53. The number of carbonyl (C=O) groups excluding carboxylic acids is 1. The summed E-state index contributed by atoms with van der Waals surface area (Å²) in [5, 5.41) is 3.37. The van der Waals surface area contributed by atoms with Crippen molar-refractivity contribution in [3.63, 3.8) is 0 Å². The van der Waals surface area contributed by atoms with Crippen molar-refractivity contribution in [1.29, 1.82) is 0 Å². The molecule has 0 aromatic heterocycles. The van der Waals surface area contributed by atoms with Crippen molar-refractivity contribution >= 4 is 5.91 Å². The third kappa shape index (κ3) is 4.82. The quantitative estimate of drug-likeness (QED) is 0.873. The maximum Gasteiger partial charge on any atom is 0.237 e. The number of carbonyl (C=O) groups is 1. The molecule has 1 saturated heterocycles. The maximum atomic E-state index is 12.7. The standard InChI is InChI=1S/C18H29N3O/c1-4-10-21(13-17-7-5-15(2)6-8-17)18(22)14-20-11-9-19-12-16(20)3/h5-8,16,19H,4,9-14H2,1-3H3/t16-/m0/s1. The molecule has 122 valence electrons. The molecule has 22 heavy (non-hydrogen) atoms. The second-order valence-electron chi connectivity index (χ2n) is 6.32. The number of nitrogens with zero attached hydrogens (tertiary/aromatic N) is 2. The van der Waals surface area contributed by atoms with Crippen molar-refractivity contribution in [2.75, 3.05) is 32.7 Å². The van der Waals surface area contributed by atoms with Gasteiger partial charge in [0, 0.05) is 38.8 Å². The average Bonchev–Trinajstić information content (AvgIpc) is 2.51. The molecule has 2 rings (SSSR count). The predicted molar refractivity (Wildman–Crippen MR) is 90.8 cm³/mol. The lowest BCUT2D eigenvalue weighted by Gasteiger charge is -2.35. The van der Waals surface area contributed by atoms with Crippen LogP contribution in [0.5, 0.6) is 0 Å². The van der Waals surface area contributed by atoms with Crippen LogP contribution in [0, 0.1) is 6.92 Å². The molecule has 1 heterocycles. The molecule has 0 bridgehead atoms. The molecular formula is C18H29N3O.